The Morgan fingerprint density at radius 1 is 1.38 bits per heavy atom. The van der Waals surface area contributed by atoms with Crippen molar-refractivity contribution in [2.45, 2.75) is 26.4 Å². The predicted octanol–water partition coefficient (Wildman–Crippen LogP) is 2.28. The first-order chi connectivity index (χ1) is 7.60. The highest BCUT2D eigenvalue weighted by Crippen LogP contribution is 2.17. The van der Waals surface area contributed by atoms with E-state index in [4.69, 9.17) is 4.74 Å². The maximum Gasteiger partial charge on any atom is 0.168 e. The van der Waals surface area contributed by atoms with E-state index in [1.807, 2.05) is 6.92 Å². The van der Waals surface area contributed by atoms with E-state index in [2.05, 4.69) is 0 Å². The number of hydrogen-bond acceptors (Lipinski definition) is 3. The molecule has 0 radical (unpaired) electrons. The van der Waals surface area contributed by atoms with Gasteiger partial charge in [0.05, 0.1) is 13.2 Å². The molecule has 2 unspecified atom stereocenters. The molecule has 2 atom stereocenters. The molecular formula is C13H18O3. The molecular weight excluding hydrogens is 204 g/mol. The minimum absolute atomic E-state index is 0.0306. The highest BCUT2D eigenvalue weighted by atomic mass is 16.5. The molecule has 0 aromatic heterocycles. The molecule has 0 aliphatic heterocycles. The van der Waals surface area contributed by atoms with Gasteiger partial charge in [-0.3, -0.25) is 4.79 Å². The average molecular weight is 222 g/mol. The Labute approximate surface area is 96.1 Å². The lowest BCUT2D eigenvalue weighted by atomic mass is 9.93. The minimum Gasteiger partial charge on any atom is -0.497 e. The van der Waals surface area contributed by atoms with Crippen LogP contribution in [0, 0.1) is 5.92 Å². The van der Waals surface area contributed by atoms with Crippen molar-refractivity contribution in [2.75, 3.05) is 7.11 Å². The van der Waals surface area contributed by atoms with Crippen molar-refractivity contribution < 1.29 is 14.6 Å². The fourth-order valence-corrected chi connectivity index (χ4v) is 1.55. The van der Waals surface area contributed by atoms with Gasteiger partial charge in [-0.15, -0.1) is 0 Å². The zero-order valence-corrected chi connectivity index (χ0v) is 9.93. The fourth-order valence-electron chi connectivity index (χ4n) is 1.55. The van der Waals surface area contributed by atoms with Gasteiger partial charge >= 0.3 is 0 Å². The van der Waals surface area contributed by atoms with Crippen LogP contribution in [0.3, 0.4) is 0 Å². The van der Waals surface area contributed by atoms with E-state index in [1.54, 1.807) is 38.3 Å². The molecule has 0 amide bonds. The van der Waals surface area contributed by atoms with Gasteiger partial charge in [-0.1, -0.05) is 13.8 Å². The van der Waals surface area contributed by atoms with Crippen molar-refractivity contribution in [3.63, 3.8) is 0 Å². The Kier molecular flexibility index (Phi) is 4.50. The number of methoxy groups -OCH3 is 1. The number of rotatable bonds is 5. The van der Waals surface area contributed by atoms with Crippen molar-refractivity contribution in [3.05, 3.63) is 29.8 Å². The summed E-state index contributed by atoms with van der Waals surface area (Å²) in [4.78, 5) is 11.9. The second-order valence-corrected chi connectivity index (χ2v) is 3.86. The van der Waals surface area contributed by atoms with E-state index in [9.17, 15) is 9.90 Å². The van der Waals surface area contributed by atoms with E-state index in [0.29, 0.717) is 12.0 Å². The van der Waals surface area contributed by atoms with Gasteiger partial charge in [-0.05, 0) is 30.7 Å². The molecule has 1 aromatic rings. The number of ether oxygens (including phenoxy) is 1. The number of hydrogen-bond donors (Lipinski definition) is 1. The third-order valence-electron chi connectivity index (χ3n) is 2.78. The number of benzene rings is 1. The Bertz CT molecular complexity index is 343. The molecule has 0 spiro atoms. The van der Waals surface area contributed by atoms with Crippen molar-refractivity contribution >= 4 is 5.78 Å². The molecule has 0 saturated heterocycles. The number of carbonyl (C=O) groups is 1. The van der Waals surface area contributed by atoms with Crippen molar-refractivity contribution in [2.24, 2.45) is 5.92 Å². The maximum absolute atomic E-state index is 11.9. The van der Waals surface area contributed by atoms with Crippen LogP contribution in [0.1, 0.15) is 30.6 Å². The summed E-state index contributed by atoms with van der Waals surface area (Å²) in [5.41, 5.74) is 0.612. The third-order valence-corrected chi connectivity index (χ3v) is 2.78. The van der Waals surface area contributed by atoms with Gasteiger partial charge in [0.1, 0.15) is 5.75 Å². The number of aliphatic hydroxyl groups excluding tert-OH is 1. The van der Waals surface area contributed by atoms with E-state index < -0.39 is 6.10 Å². The predicted molar refractivity (Wildman–Crippen MR) is 62.8 cm³/mol. The molecule has 1 rings (SSSR count). The number of Topliss-reactive ketones (excluding diaryl/α,β-unsaturated/α-hetero) is 1. The molecule has 3 nitrogen and oxygen atoms in total. The van der Waals surface area contributed by atoms with E-state index >= 15 is 0 Å². The van der Waals surface area contributed by atoms with Crippen LogP contribution in [-0.2, 0) is 0 Å². The van der Waals surface area contributed by atoms with Crippen LogP contribution in [0.4, 0.5) is 0 Å². The Morgan fingerprint density at radius 2 is 1.94 bits per heavy atom. The first-order valence-corrected chi connectivity index (χ1v) is 5.46. The topological polar surface area (TPSA) is 46.5 Å². The van der Waals surface area contributed by atoms with Crippen LogP contribution < -0.4 is 4.74 Å². The summed E-state index contributed by atoms with van der Waals surface area (Å²) in [6.45, 7) is 3.61. The van der Waals surface area contributed by atoms with Gasteiger partial charge in [-0.2, -0.15) is 0 Å². The van der Waals surface area contributed by atoms with Crippen LogP contribution in [0.15, 0.2) is 24.3 Å². The lowest BCUT2D eigenvalue weighted by Crippen LogP contribution is -2.25. The van der Waals surface area contributed by atoms with E-state index in [1.165, 1.54) is 0 Å². The summed E-state index contributed by atoms with van der Waals surface area (Å²) in [7, 11) is 1.58. The molecule has 0 aliphatic rings. The summed E-state index contributed by atoms with van der Waals surface area (Å²) in [6, 6.07) is 6.94. The van der Waals surface area contributed by atoms with Crippen LogP contribution in [0.25, 0.3) is 0 Å². The Morgan fingerprint density at radius 3 is 2.38 bits per heavy atom. The summed E-state index contributed by atoms with van der Waals surface area (Å²) in [5.74, 6) is 0.329. The third kappa shape index (κ3) is 2.83. The van der Waals surface area contributed by atoms with Gasteiger partial charge in [-0.25, -0.2) is 0 Å². The Hall–Kier alpha value is -1.35. The molecule has 16 heavy (non-hydrogen) atoms. The zero-order valence-electron chi connectivity index (χ0n) is 9.93. The van der Waals surface area contributed by atoms with Gasteiger partial charge in [0.2, 0.25) is 0 Å². The first-order valence-electron chi connectivity index (χ1n) is 5.46. The fraction of sp³-hybridized carbons (Fsp3) is 0.462. The van der Waals surface area contributed by atoms with Crippen LogP contribution >= 0.6 is 0 Å². The molecule has 0 fully saturated rings. The number of ketones is 1. The zero-order chi connectivity index (χ0) is 12.1. The van der Waals surface area contributed by atoms with E-state index in [0.717, 1.165) is 5.75 Å². The highest BCUT2D eigenvalue weighted by Gasteiger charge is 2.21. The van der Waals surface area contributed by atoms with Crippen molar-refractivity contribution in [1.29, 1.82) is 0 Å². The first kappa shape index (κ1) is 12.7. The molecule has 1 N–H and O–H groups in total. The number of aliphatic hydroxyl groups is 1. The molecule has 0 aliphatic carbocycles. The molecule has 1 aromatic carbocycles. The monoisotopic (exact) mass is 222 g/mol. The van der Waals surface area contributed by atoms with Crippen LogP contribution in [0.5, 0.6) is 5.75 Å². The average Bonchev–Trinajstić information content (AvgIpc) is 2.36. The van der Waals surface area contributed by atoms with Crippen LogP contribution in [-0.4, -0.2) is 24.1 Å². The maximum atomic E-state index is 11.9. The molecule has 0 bridgehead atoms. The quantitative estimate of drug-likeness (QED) is 0.777. The summed E-state index contributed by atoms with van der Waals surface area (Å²) in [5, 5.41) is 9.61. The number of carbonyl (C=O) groups excluding carboxylic acids is 1. The van der Waals surface area contributed by atoms with Gasteiger partial charge in [0, 0.05) is 11.5 Å². The largest absolute Gasteiger partial charge is 0.497 e. The smallest absolute Gasteiger partial charge is 0.168 e. The molecule has 88 valence electrons. The SMILES string of the molecule is CCC(O)C(C)C(=O)c1ccc(OC)cc1. The molecule has 3 heteroatoms. The normalized spacial score (nSPS) is 14.2. The minimum atomic E-state index is -0.574. The van der Waals surface area contributed by atoms with Crippen molar-refractivity contribution in [3.8, 4) is 5.75 Å². The summed E-state index contributed by atoms with van der Waals surface area (Å²) >= 11 is 0. The summed E-state index contributed by atoms with van der Waals surface area (Å²) < 4.78 is 5.02. The second kappa shape index (κ2) is 5.66. The van der Waals surface area contributed by atoms with Gasteiger partial charge in [0.25, 0.3) is 0 Å². The van der Waals surface area contributed by atoms with Crippen molar-refractivity contribution in [1.82, 2.24) is 0 Å². The molecule has 0 heterocycles. The van der Waals surface area contributed by atoms with Gasteiger partial charge in [0.15, 0.2) is 5.78 Å². The second-order valence-electron chi connectivity index (χ2n) is 3.86. The highest BCUT2D eigenvalue weighted by molar-refractivity contribution is 5.98. The summed E-state index contributed by atoms with van der Waals surface area (Å²) in [6.07, 6.45) is 0.0119. The standard InChI is InChI=1S/C13H18O3/c1-4-12(14)9(2)13(15)10-5-7-11(16-3)8-6-10/h5-9,12,14H,4H2,1-3H3. The molecule has 0 saturated carbocycles. The van der Waals surface area contributed by atoms with Crippen LogP contribution in [0.2, 0.25) is 0 Å². The van der Waals surface area contributed by atoms with E-state index in [-0.39, 0.29) is 11.7 Å². The Balaban J connectivity index is 2.80. The van der Waals surface area contributed by atoms with Gasteiger partial charge < -0.3 is 9.84 Å². The lowest BCUT2D eigenvalue weighted by molar-refractivity contribution is 0.0705. The lowest BCUT2D eigenvalue weighted by Gasteiger charge is -2.15.